The lowest BCUT2D eigenvalue weighted by molar-refractivity contribution is -0.116. The Bertz CT molecular complexity index is 1050. The zero-order chi connectivity index (χ0) is 18.6. The minimum atomic E-state index is -0.274. The molecule has 27 heavy (non-hydrogen) atoms. The number of aromatic nitrogens is 2. The summed E-state index contributed by atoms with van der Waals surface area (Å²) in [6.07, 6.45) is 4.99. The summed E-state index contributed by atoms with van der Waals surface area (Å²) < 4.78 is 1.85. The molecular weight excluding hydrogens is 380 g/mol. The van der Waals surface area contributed by atoms with Crippen LogP contribution in [0, 0.1) is 0 Å². The van der Waals surface area contributed by atoms with Gasteiger partial charge in [0.25, 0.3) is 5.91 Å². The molecule has 0 saturated heterocycles. The van der Waals surface area contributed by atoms with Crippen LogP contribution >= 0.6 is 22.9 Å². The van der Waals surface area contributed by atoms with Gasteiger partial charge in [0, 0.05) is 17.7 Å². The molecule has 0 radical (unpaired) electrons. The van der Waals surface area contributed by atoms with Crippen molar-refractivity contribution in [2.75, 3.05) is 5.01 Å². The van der Waals surface area contributed by atoms with Gasteiger partial charge in [-0.2, -0.15) is 0 Å². The molecule has 1 N–H and O–H groups in total. The van der Waals surface area contributed by atoms with Gasteiger partial charge in [0.1, 0.15) is 0 Å². The predicted molar refractivity (Wildman–Crippen MR) is 110 cm³/mol. The molecular formula is C20H15ClN4OS. The molecule has 1 amide bonds. The molecule has 0 aliphatic heterocycles. The first-order valence-electron chi connectivity index (χ1n) is 8.22. The van der Waals surface area contributed by atoms with Crippen LogP contribution in [0.15, 0.2) is 78.3 Å². The predicted octanol–water partition coefficient (Wildman–Crippen LogP) is 4.93. The highest BCUT2D eigenvalue weighted by Crippen LogP contribution is 2.24. The molecule has 0 saturated carbocycles. The first-order chi connectivity index (χ1) is 13.2. The van der Waals surface area contributed by atoms with E-state index in [1.165, 1.54) is 17.4 Å². The summed E-state index contributed by atoms with van der Waals surface area (Å²) in [5, 5.41) is 4.03. The number of anilines is 2. The van der Waals surface area contributed by atoms with E-state index in [2.05, 4.69) is 10.4 Å². The van der Waals surface area contributed by atoms with Gasteiger partial charge in [-0.3, -0.25) is 19.6 Å². The number of hydrogen-bond donors (Lipinski definition) is 1. The Hall–Kier alpha value is -3.09. The first-order valence-corrected chi connectivity index (χ1v) is 9.48. The van der Waals surface area contributed by atoms with Crippen molar-refractivity contribution in [3.63, 3.8) is 0 Å². The van der Waals surface area contributed by atoms with Gasteiger partial charge in [-0.1, -0.05) is 48.0 Å². The summed E-state index contributed by atoms with van der Waals surface area (Å²) in [5.74, 6) is -0.274. The number of benzene rings is 2. The third-order valence-electron chi connectivity index (χ3n) is 3.90. The van der Waals surface area contributed by atoms with Gasteiger partial charge in [-0.05, 0) is 30.3 Å². The molecule has 5 nitrogen and oxygen atoms in total. The van der Waals surface area contributed by atoms with Gasteiger partial charge >= 0.3 is 0 Å². The molecule has 0 spiro atoms. The minimum absolute atomic E-state index is 0.274. The number of fused-ring (bicyclic) bond motifs is 1. The molecule has 2 aromatic carbocycles. The largest absolute Gasteiger partial charge is 0.289 e. The second-order valence-corrected chi connectivity index (χ2v) is 6.89. The molecule has 4 aromatic rings. The normalized spacial score (nSPS) is 11.1. The number of imidazole rings is 1. The smallest absolute Gasteiger partial charge is 0.262 e. The number of rotatable bonds is 5. The number of halogens is 1. The highest BCUT2D eigenvalue weighted by atomic mass is 35.5. The van der Waals surface area contributed by atoms with Crippen LogP contribution in [0.5, 0.6) is 0 Å². The number of amides is 1. The Morgan fingerprint density at radius 3 is 2.33 bits per heavy atom. The van der Waals surface area contributed by atoms with Crippen LogP contribution in [0.2, 0.25) is 5.15 Å². The zero-order valence-corrected chi connectivity index (χ0v) is 15.7. The standard InChI is InChI=1S/C20H15ClN4OS/c21-19-17(24-13-14-27-20(24)22-19)11-12-18(26)23-25(15-7-3-1-4-8-15)16-9-5-2-6-10-16/h1-14H,(H,23,26)/b12-11+. The third-order valence-corrected chi connectivity index (χ3v) is 4.93. The molecule has 134 valence electrons. The monoisotopic (exact) mass is 394 g/mol. The van der Waals surface area contributed by atoms with E-state index in [4.69, 9.17) is 11.6 Å². The Labute approximate surface area is 165 Å². The van der Waals surface area contributed by atoms with Crippen LogP contribution in [0.4, 0.5) is 11.4 Å². The molecule has 0 bridgehead atoms. The van der Waals surface area contributed by atoms with E-state index in [1.54, 1.807) is 11.1 Å². The number of nitrogens with zero attached hydrogens (tertiary/aromatic N) is 3. The van der Waals surface area contributed by atoms with Crippen molar-refractivity contribution < 1.29 is 4.79 Å². The van der Waals surface area contributed by atoms with Crippen LogP contribution in [0.25, 0.3) is 11.0 Å². The van der Waals surface area contributed by atoms with Gasteiger partial charge in [-0.15, -0.1) is 11.3 Å². The quantitative estimate of drug-likeness (QED) is 0.385. The number of hydrazine groups is 1. The van der Waals surface area contributed by atoms with Crippen LogP contribution < -0.4 is 10.4 Å². The summed E-state index contributed by atoms with van der Waals surface area (Å²) in [6, 6.07) is 19.3. The summed E-state index contributed by atoms with van der Waals surface area (Å²) in [6.45, 7) is 0. The lowest BCUT2D eigenvalue weighted by Crippen LogP contribution is -2.37. The van der Waals surface area contributed by atoms with Crippen LogP contribution in [-0.2, 0) is 4.79 Å². The van der Waals surface area contributed by atoms with Crippen molar-refractivity contribution in [2.24, 2.45) is 0 Å². The van der Waals surface area contributed by atoms with Crippen molar-refractivity contribution in [1.82, 2.24) is 14.8 Å². The molecule has 2 aromatic heterocycles. The highest BCUT2D eigenvalue weighted by Gasteiger charge is 2.12. The number of nitrogens with one attached hydrogen (secondary N) is 1. The molecule has 0 unspecified atom stereocenters. The second-order valence-electron chi connectivity index (χ2n) is 5.66. The Balaban J connectivity index is 1.59. The van der Waals surface area contributed by atoms with Crippen molar-refractivity contribution >= 4 is 51.3 Å². The van der Waals surface area contributed by atoms with E-state index in [-0.39, 0.29) is 5.91 Å². The zero-order valence-electron chi connectivity index (χ0n) is 14.1. The molecule has 4 rings (SSSR count). The van der Waals surface area contributed by atoms with E-state index in [9.17, 15) is 4.79 Å². The fraction of sp³-hybridized carbons (Fsp3) is 0. The van der Waals surface area contributed by atoms with Crippen LogP contribution in [0.1, 0.15) is 5.69 Å². The van der Waals surface area contributed by atoms with Crippen LogP contribution in [-0.4, -0.2) is 15.3 Å². The summed E-state index contributed by atoms with van der Waals surface area (Å²) in [4.78, 5) is 17.6. The average Bonchev–Trinajstić information content (AvgIpc) is 3.26. The lowest BCUT2D eigenvalue weighted by atomic mass is 10.2. The summed E-state index contributed by atoms with van der Waals surface area (Å²) in [7, 11) is 0. The van der Waals surface area contributed by atoms with Crippen molar-refractivity contribution in [3.8, 4) is 0 Å². The number of hydrogen-bond acceptors (Lipinski definition) is 4. The van der Waals surface area contributed by atoms with E-state index in [0.717, 1.165) is 16.3 Å². The molecule has 0 fully saturated rings. The van der Waals surface area contributed by atoms with Crippen molar-refractivity contribution in [3.05, 3.63) is 89.2 Å². The van der Waals surface area contributed by atoms with Crippen LogP contribution in [0.3, 0.4) is 0 Å². The van der Waals surface area contributed by atoms with E-state index in [0.29, 0.717) is 10.8 Å². The highest BCUT2D eigenvalue weighted by molar-refractivity contribution is 7.15. The maximum atomic E-state index is 12.6. The maximum Gasteiger partial charge on any atom is 0.262 e. The summed E-state index contributed by atoms with van der Waals surface area (Å²) >= 11 is 7.66. The molecule has 0 aliphatic rings. The fourth-order valence-electron chi connectivity index (χ4n) is 2.66. The summed E-state index contributed by atoms with van der Waals surface area (Å²) in [5.41, 5.74) is 5.30. The molecule has 2 heterocycles. The van der Waals surface area contributed by atoms with E-state index >= 15 is 0 Å². The van der Waals surface area contributed by atoms with Gasteiger partial charge in [0.15, 0.2) is 10.1 Å². The molecule has 7 heteroatoms. The van der Waals surface area contributed by atoms with E-state index < -0.39 is 0 Å². The van der Waals surface area contributed by atoms with E-state index in [1.807, 2.05) is 76.6 Å². The SMILES string of the molecule is O=C(/C=C/c1c(Cl)nc2sccn12)NN(c1ccccc1)c1ccccc1. The second kappa shape index (κ2) is 7.65. The Morgan fingerprint density at radius 2 is 1.70 bits per heavy atom. The number of carbonyl (C=O) groups excluding carboxylic acids is 1. The minimum Gasteiger partial charge on any atom is -0.289 e. The lowest BCUT2D eigenvalue weighted by Gasteiger charge is -2.24. The Kier molecular flexibility index (Phi) is 4.91. The van der Waals surface area contributed by atoms with Crippen molar-refractivity contribution in [1.29, 1.82) is 0 Å². The number of para-hydroxylation sites is 2. The third kappa shape index (κ3) is 3.72. The van der Waals surface area contributed by atoms with Gasteiger partial charge < -0.3 is 0 Å². The first kappa shape index (κ1) is 17.3. The molecule has 0 atom stereocenters. The maximum absolute atomic E-state index is 12.6. The van der Waals surface area contributed by atoms with Crippen molar-refractivity contribution in [2.45, 2.75) is 0 Å². The average molecular weight is 395 g/mol. The van der Waals surface area contributed by atoms with Gasteiger partial charge in [0.05, 0.1) is 17.1 Å². The van der Waals surface area contributed by atoms with Gasteiger partial charge in [-0.25, -0.2) is 4.98 Å². The topological polar surface area (TPSA) is 49.6 Å². The fourth-order valence-corrected chi connectivity index (χ4v) is 3.67. The number of carbonyl (C=O) groups is 1. The Morgan fingerprint density at radius 1 is 1.07 bits per heavy atom. The van der Waals surface area contributed by atoms with Gasteiger partial charge in [0.2, 0.25) is 0 Å². The molecule has 0 aliphatic carbocycles. The number of thiazole rings is 1.